The topological polar surface area (TPSA) is 86.8 Å². The van der Waals surface area contributed by atoms with E-state index in [4.69, 9.17) is 23.2 Å². The van der Waals surface area contributed by atoms with E-state index in [1.165, 1.54) is 11.0 Å². The fraction of sp³-hybridized carbons (Fsp3) is 0.417. The molecule has 1 N–H and O–H groups in total. The molecular weight excluding hydrogens is 497 g/mol. The highest BCUT2D eigenvalue weighted by Gasteiger charge is 2.31. The van der Waals surface area contributed by atoms with E-state index in [-0.39, 0.29) is 29.2 Å². The van der Waals surface area contributed by atoms with E-state index >= 15 is 0 Å². The lowest BCUT2D eigenvalue weighted by molar-refractivity contribution is -0.139. The molecule has 10 heteroatoms. The summed E-state index contributed by atoms with van der Waals surface area (Å²) in [6, 6.07) is 12.7. The predicted molar refractivity (Wildman–Crippen MR) is 136 cm³/mol. The maximum atomic E-state index is 13.5. The van der Waals surface area contributed by atoms with Gasteiger partial charge in [-0.05, 0) is 49.6 Å². The summed E-state index contributed by atoms with van der Waals surface area (Å²) in [7, 11) is -3.83. The zero-order chi connectivity index (χ0) is 24.9. The van der Waals surface area contributed by atoms with Gasteiger partial charge >= 0.3 is 0 Å². The third-order valence-electron chi connectivity index (χ3n) is 5.91. The SMILES string of the molecule is C[C@H](C(=O)NC1CCCC1)N(Cc1cccc(Cl)c1)C(=O)CN(c1ccccc1Cl)S(C)(=O)=O. The number of sulfonamides is 1. The minimum absolute atomic E-state index is 0.0914. The van der Waals surface area contributed by atoms with Crippen molar-refractivity contribution in [3.8, 4) is 0 Å². The molecule has 2 aromatic carbocycles. The summed E-state index contributed by atoms with van der Waals surface area (Å²) in [5.74, 6) is -0.801. The average molecular weight is 526 g/mol. The van der Waals surface area contributed by atoms with Crippen molar-refractivity contribution < 1.29 is 18.0 Å². The molecule has 3 rings (SSSR count). The van der Waals surface area contributed by atoms with Crippen molar-refractivity contribution in [3.63, 3.8) is 0 Å². The smallest absolute Gasteiger partial charge is 0.244 e. The van der Waals surface area contributed by atoms with E-state index < -0.39 is 28.5 Å². The lowest BCUT2D eigenvalue weighted by atomic mass is 10.1. The molecule has 0 aromatic heterocycles. The van der Waals surface area contributed by atoms with Crippen molar-refractivity contribution in [2.75, 3.05) is 17.1 Å². The van der Waals surface area contributed by atoms with Crippen LogP contribution in [0.2, 0.25) is 10.0 Å². The number of halogens is 2. The molecule has 2 amide bonds. The van der Waals surface area contributed by atoms with Crippen LogP contribution < -0.4 is 9.62 Å². The first-order valence-electron chi connectivity index (χ1n) is 11.1. The Hall–Kier alpha value is -2.29. The lowest BCUT2D eigenvalue weighted by Gasteiger charge is -2.32. The van der Waals surface area contributed by atoms with E-state index in [2.05, 4.69) is 5.32 Å². The van der Waals surface area contributed by atoms with Gasteiger partial charge in [0.05, 0.1) is 17.0 Å². The van der Waals surface area contributed by atoms with Gasteiger partial charge in [-0.25, -0.2) is 8.42 Å². The van der Waals surface area contributed by atoms with Gasteiger partial charge in [0.1, 0.15) is 12.6 Å². The van der Waals surface area contributed by atoms with Crippen molar-refractivity contribution >= 4 is 50.7 Å². The summed E-state index contributed by atoms with van der Waals surface area (Å²) in [4.78, 5) is 27.9. The highest BCUT2D eigenvalue weighted by Crippen LogP contribution is 2.27. The zero-order valence-corrected chi connectivity index (χ0v) is 21.5. The van der Waals surface area contributed by atoms with E-state index in [0.29, 0.717) is 5.02 Å². The zero-order valence-electron chi connectivity index (χ0n) is 19.2. The van der Waals surface area contributed by atoms with Crippen molar-refractivity contribution in [2.24, 2.45) is 0 Å². The van der Waals surface area contributed by atoms with Crippen LogP contribution in [0.25, 0.3) is 0 Å². The highest BCUT2D eigenvalue weighted by molar-refractivity contribution is 7.92. The molecule has 1 aliphatic rings. The van der Waals surface area contributed by atoms with Crippen LogP contribution in [0.1, 0.15) is 38.2 Å². The second-order valence-electron chi connectivity index (χ2n) is 8.54. The van der Waals surface area contributed by atoms with Gasteiger partial charge < -0.3 is 10.2 Å². The summed E-state index contributed by atoms with van der Waals surface area (Å²) in [6.07, 6.45) is 4.96. The summed E-state index contributed by atoms with van der Waals surface area (Å²) in [5, 5.41) is 3.73. The number of anilines is 1. The second-order valence-corrected chi connectivity index (χ2v) is 11.3. The van der Waals surface area contributed by atoms with Gasteiger partial charge in [-0.15, -0.1) is 0 Å². The minimum Gasteiger partial charge on any atom is -0.352 e. The number of carbonyl (C=O) groups excluding carboxylic acids is 2. The largest absolute Gasteiger partial charge is 0.352 e. The standard InChI is InChI=1S/C24H29Cl2N3O4S/c1-17(24(31)27-20-10-3-4-11-20)28(15-18-8-7-9-19(25)14-18)23(30)16-29(34(2,32)33)22-13-6-5-12-21(22)26/h5-9,12-14,17,20H,3-4,10-11,15-16H2,1-2H3,(H,27,31)/t17-/m1/s1. The number of hydrogen-bond acceptors (Lipinski definition) is 4. The quantitative estimate of drug-likeness (QED) is 0.530. The van der Waals surface area contributed by atoms with Gasteiger partial charge in [-0.1, -0.05) is 60.3 Å². The van der Waals surface area contributed by atoms with Crippen LogP contribution in [0.3, 0.4) is 0 Å². The van der Waals surface area contributed by atoms with Gasteiger partial charge in [0.2, 0.25) is 21.8 Å². The van der Waals surface area contributed by atoms with E-state index in [1.807, 2.05) is 0 Å². The Balaban J connectivity index is 1.89. The van der Waals surface area contributed by atoms with Crippen molar-refractivity contribution in [1.29, 1.82) is 0 Å². The molecule has 0 heterocycles. The van der Waals surface area contributed by atoms with Gasteiger partial charge in [0.25, 0.3) is 0 Å². The van der Waals surface area contributed by atoms with Gasteiger partial charge in [0.15, 0.2) is 0 Å². The molecule has 0 unspecified atom stereocenters. The first-order chi connectivity index (χ1) is 16.1. The second kappa shape index (κ2) is 11.4. The molecule has 1 atom stereocenters. The summed E-state index contributed by atoms with van der Waals surface area (Å²) < 4.78 is 26.1. The number of rotatable bonds is 9. The number of nitrogens with zero attached hydrogens (tertiary/aromatic N) is 2. The number of benzene rings is 2. The monoisotopic (exact) mass is 525 g/mol. The third kappa shape index (κ3) is 6.87. The molecule has 1 fully saturated rings. The van der Waals surface area contributed by atoms with Gasteiger partial charge in [-0.2, -0.15) is 0 Å². The predicted octanol–water partition coefficient (Wildman–Crippen LogP) is 4.24. The van der Waals surface area contributed by atoms with Crippen LogP contribution in [0, 0.1) is 0 Å². The minimum atomic E-state index is -3.83. The Labute approximate surface area is 211 Å². The molecule has 0 spiro atoms. The fourth-order valence-corrected chi connectivity index (χ4v) is 5.42. The molecule has 7 nitrogen and oxygen atoms in total. The van der Waals surface area contributed by atoms with Crippen LogP contribution in [0.4, 0.5) is 5.69 Å². The number of nitrogens with one attached hydrogen (secondary N) is 1. The van der Waals surface area contributed by atoms with E-state index in [9.17, 15) is 18.0 Å². The molecule has 1 saturated carbocycles. The first-order valence-corrected chi connectivity index (χ1v) is 13.7. The molecular formula is C24H29Cl2N3O4S. The Morgan fingerprint density at radius 2 is 1.76 bits per heavy atom. The Bertz CT molecular complexity index is 1140. The molecule has 1 aliphatic carbocycles. The maximum absolute atomic E-state index is 13.5. The fourth-order valence-electron chi connectivity index (χ4n) is 4.06. The Morgan fingerprint density at radius 3 is 2.38 bits per heavy atom. The molecule has 0 saturated heterocycles. The number of carbonyl (C=O) groups is 2. The van der Waals surface area contributed by atoms with Crippen LogP contribution >= 0.6 is 23.2 Å². The number of para-hydroxylation sites is 1. The van der Waals surface area contributed by atoms with Crippen molar-refractivity contribution in [2.45, 2.75) is 51.2 Å². The lowest BCUT2D eigenvalue weighted by Crippen LogP contribution is -2.52. The Morgan fingerprint density at radius 1 is 1.09 bits per heavy atom. The van der Waals surface area contributed by atoms with E-state index in [0.717, 1.165) is 41.8 Å². The number of amides is 2. The van der Waals surface area contributed by atoms with Gasteiger partial charge in [0, 0.05) is 17.6 Å². The molecule has 184 valence electrons. The molecule has 0 bridgehead atoms. The highest BCUT2D eigenvalue weighted by atomic mass is 35.5. The molecule has 0 aliphatic heterocycles. The molecule has 2 aromatic rings. The maximum Gasteiger partial charge on any atom is 0.244 e. The number of hydrogen-bond donors (Lipinski definition) is 1. The Kier molecular flexibility index (Phi) is 8.84. The van der Waals surface area contributed by atoms with E-state index in [1.54, 1.807) is 49.4 Å². The summed E-state index contributed by atoms with van der Waals surface area (Å²) >= 11 is 12.4. The molecule has 34 heavy (non-hydrogen) atoms. The first kappa shape index (κ1) is 26.3. The van der Waals surface area contributed by atoms with Crippen LogP contribution in [-0.2, 0) is 26.2 Å². The van der Waals surface area contributed by atoms with Crippen LogP contribution in [0.5, 0.6) is 0 Å². The van der Waals surface area contributed by atoms with Crippen molar-refractivity contribution in [3.05, 3.63) is 64.1 Å². The van der Waals surface area contributed by atoms with Crippen molar-refractivity contribution in [1.82, 2.24) is 10.2 Å². The summed E-state index contributed by atoms with van der Waals surface area (Å²) in [5.41, 5.74) is 0.927. The normalized spacial score (nSPS) is 15.1. The average Bonchev–Trinajstić information content (AvgIpc) is 3.28. The third-order valence-corrected chi connectivity index (χ3v) is 7.59. The molecule has 0 radical (unpaired) electrons. The van der Waals surface area contributed by atoms with Gasteiger partial charge in [-0.3, -0.25) is 13.9 Å². The van der Waals surface area contributed by atoms with Crippen LogP contribution in [-0.4, -0.2) is 50.0 Å². The summed E-state index contributed by atoms with van der Waals surface area (Å²) in [6.45, 7) is 1.25. The van der Waals surface area contributed by atoms with Crippen LogP contribution in [0.15, 0.2) is 48.5 Å².